The first-order valence-electron chi connectivity index (χ1n) is 6.55. The summed E-state index contributed by atoms with van der Waals surface area (Å²) in [6, 6.07) is 0.227. The van der Waals surface area contributed by atoms with E-state index in [9.17, 15) is 18.0 Å². The minimum Gasteiger partial charge on any atom is -0.461 e. The Morgan fingerprint density at radius 3 is 2.62 bits per heavy atom. The standard InChI is InChI=1S/C12H16F3N3O3/c1-2-20-10(19)9-7-21-11(16-9)18-5-3-17(4-6-18)8-12(13,14)15/h7H,2-6,8H2,1H3. The highest BCUT2D eigenvalue weighted by molar-refractivity contribution is 5.87. The molecule has 0 atom stereocenters. The Morgan fingerprint density at radius 2 is 2.05 bits per heavy atom. The van der Waals surface area contributed by atoms with Crippen LogP contribution in [0.5, 0.6) is 0 Å². The van der Waals surface area contributed by atoms with Crippen molar-refractivity contribution in [2.75, 3.05) is 44.2 Å². The number of esters is 1. The summed E-state index contributed by atoms with van der Waals surface area (Å²) < 4.78 is 46.8. The fraction of sp³-hybridized carbons (Fsp3) is 0.667. The molecular formula is C12H16F3N3O3. The summed E-state index contributed by atoms with van der Waals surface area (Å²) in [5.74, 6) is -0.580. The Labute approximate surface area is 119 Å². The number of rotatable bonds is 4. The van der Waals surface area contributed by atoms with Gasteiger partial charge in [0.05, 0.1) is 13.2 Å². The molecule has 2 rings (SSSR count). The van der Waals surface area contributed by atoms with Gasteiger partial charge in [-0.25, -0.2) is 4.79 Å². The number of ether oxygens (including phenoxy) is 1. The summed E-state index contributed by atoms with van der Waals surface area (Å²) in [7, 11) is 0. The second-order valence-electron chi connectivity index (χ2n) is 4.61. The molecule has 21 heavy (non-hydrogen) atoms. The summed E-state index contributed by atoms with van der Waals surface area (Å²) >= 11 is 0. The molecule has 0 amide bonds. The van der Waals surface area contributed by atoms with E-state index >= 15 is 0 Å². The van der Waals surface area contributed by atoms with Crippen LogP contribution in [0.25, 0.3) is 0 Å². The molecule has 6 nitrogen and oxygen atoms in total. The van der Waals surface area contributed by atoms with Crippen molar-refractivity contribution in [2.45, 2.75) is 13.1 Å². The van der Waals surface area contributed by atoms with Crippen molar-refractivity contribution in [2.24, 2.45) is 0 Å². The predicted octanol–water partition coefficient (Wildman–Crippen LogP) is 1.54. The second-order valence-corrected chi connectivity index (χ2v) is 4.61. The van der Waals surface area contributed by atoms with Gasteiger partial charge in [0.2, 0.25) is 0 Å². The largest absolute Gasteiger partial charge is 0.461 e. The minimum absolute atomic E-state index is 0.0598. The van der Waals surface area contributed by atoms with E-state index in [0.717, 1.165) is 0 Å². The number of oxazole rings is 1. The van der Waals surface area contributed by atoms with Crippen LogP contribution in [0.4, 0.5) is 19.2 Å². The van der Waals surface area contributed by atoms with E-state index in [-0.39, 0.29) is 31.4 Å². The lowest BCUT2D eigenvalue weighted by Crippen LogP contribution is -2.49. The zero-order valence-corrected chi connectivity index (χ0v) is 11.5. The van der Waals surface area contributed by atoms with Crippen molar-refractivity contribution < 1.29 is 27.1 Å². The van der Waals surface area contributed by atoms with Crippen LogP contribution in [0.2, 0.25) is 0 Å². The van der Waals surface area contributed by atoms with Crippen LogP contribution in [0, 0.1) is 0 Å². The first-order chi connectivity index (χ1) is 9.89. The van der Waals surface area contributed by atoms with E-state index in [1.165, 1.54) is 11.2 Å². The zero-order valence-electron chi connectivity index (χ0n) is 11.5. The molecular weight excluding hydrogens is 291 g/mol. The third-order valence-corrected chi connectivity index (χ3v) is 3.02. The summed E-state index contributed by atoms with van der Waals surface area (Å²) in [5.41, 5.74) is 0.0598. The van der Waals surface area contributed by atoms with E-state index in [1.807, 2.05) is 0 Å². The number of nitrogens with zero attached hydrogens (tertiary/aromatic N) is 3. The maximum absolute atomic E-state index is 12.3. The molecule has 1 aliphatic heterocycles. The number of carbonyl (C=O) groups excluding carboxylic acids is 1. The maximum atomic E-state index is 12.3. The molecule has 0 aromatic carbocycles. The van der Waals surface area contributed by atoms with Crippen molar-refractivity contribution in [3.05, 3.63) is 12.0 Å². The average molecular weight is 307 g/mol. The smallest absolute Gasteiger partial charge is 0.401 e. The summed E-state index contributed by atoms with van der Waals surface area (Å²) in [6.07, 6.45) is -3.00. The molecule has 0 N–H and O–H groups in total. The Bertz CT molecular complexity index is 482. The number of halogens is 3. The molecule has 1 aliphatic rings. The zero-order chi connectivity index (χ0) is 15.5. The number of anilines is 1. The molecule has 118 valence electrons. The molecule has 1 saturated heterocycles. The summed E-state index contributed by atoms with van der Waals surface area (Å²) in [6.45, 7) is 2.24. The van der Waals surface area contributed by atoms with Crippen LogP contribution in [-0.4, -0.2) is 61.4 Å². The van der Waals surface area contributed by atoms with E-state index in [2.05, 4.69) is 4.98 Å². The third-order valence-electron chi connectivity index (χ3n) is 3.02. The molecule has 1 fully saturated rings. The number of aromatic nitrogens is 1. The maximum Gasteiger partial charge on any atom is 0.401 e. The lowest BCUT2D eigenvalue weighted by atomic mass is 10.3. The lowest BCUT2D eigenvalue weighted by molar-refractivity contribution is -0.146. The third kappa shape index (κ3) is 4.35. The van der Waals surface area contributed by atoms with Gasteiger partial charge in [-0.3, -0.25) is 4.90 Å². The van der Waals surface area contributed by atoms with Gasteiger partial charge in [-0.2, -0.15) is 18.2 Å². The minimum atomic E-state index is -4.19. The fourth-order valence-corrected chi connectivity index (χ4v) is 2.06. The molecule has 0 bridgehead atoms. The van der Waals surface area contributed by atoms with Gasteiger partial charge >= 0.3 is 12.1 Å². The van der Waals surface area contributed by atoms with Crippen molar-refractivity contribution >= 4 is 12.0 Å². The van der Waals surface area contributed by atoms with Gasteiger partial charge in [0.25, 0.3) is 6.01 Å². The molecule has 1 aromatic heterocycles. The highest BCUT2D eigenvalue weighted by Gasteiger charge is 2.32. The van der Waals surface area contributed by atoms with Crippen molar-refractivity contribution in [1.82, 2.24) is 9.88 Å². The molecule has 0 unspecified atom stereocenters. The quantitative estimate of drug-likeness (QED) is 0.786. The van der Waals surface area contributed by atoms with Gasteiger partial charge in [-0.15, -0.1) is 0 Å². The normalized spacial score (nSPS) is 17.0. The van der Waals surface area contributed by atoms with Gasteiger partial charge in [-0.1, -0.05) is 0 Å². The van der Waals surface area contributed by atoms with Crippen molar-refractivity contribution in [3.8, 4) is 0 Å². The number of piperazine rings is 1. The van der Waals surface area contributed by atoms with Gasteiger partial charge < -0.3 is 14.1 Å². The predicted molar refractivity (Wildman–Crippen MR) is 67.2 cm³/mol. The average Bonchev–Trinajstić information content (AvgIpc) is 2.87. The number of carbonyl (C=O) groups is 1. The van der Waals surface area contributed by atoms with Crippen molar-refractivity contribution in [3.63, 3.8) is 0 Å². The molecule has 2 heterocycles. The number of alkyl halides is 3. The van der Waals surface area contributed by atoms with Crippen LogP contribution in [0.1, 0.15) is 17.4 Å². The number of hydrogen-bond acceptors (Lipinski definition) is 6. The van der Waals surface area contributed by atoms with E-state index in [0.29, 0.717) is 13.1 Å². The van der Waals surface area contributed by atoms with Crippen molar-refractivity contribution in [1.29, 1.82) is 0 Å². The summed E-state index contributed by atoms with van der Waals surface area (Å²) in [4.78, 5) is 18.5. The Hall–Kier alpha value is -1.77. The molecule has 0 saturated carbocycles. The Kier molecular flexibility index (Phi) is 4.71. The van der Waals surface area contributed by atoms with E-state index in [1.54, 1.807) is 11.8 Å². The topological polar surface area (TPSA) is 58.8 Å². The molecule has 0 spiro atoms. The Morgan fingerprint density at radius 1 is 1.38 bits per heavy atom. The highest BCUT2D eigenvalue weighted by Crippen LogP contribution is 2.20. The van der Waals surface area contributed by atoms with Gasteiger partial charge in [0, 0.05) is 26.2 Å². The van der Waals surface area contributed by atoms with Gasteiger partial charge in [-0.05, 0) is 6.92 Å². The van der Waals surface area contributed by atoms with Crippen LogP contribution in [0.15, 0.2) is 10.7 Å². The fourth-order valence-electron chi connectivity index (χ4n) is 2.06. The van der Waals surface area contributed by atoms with Crippen LogP contribution >= 0.6 is 0 Å². The molecule has 0 radical (unpaired) electrons. The molecule has 1 aromatic rings. The van der Waals surface area contributed by atoms with Crippen LogP contribution in [-0.2, 0) is 4.74 Å². The second kappa shape index (κ2) is 6.33. The first-order valence-corrected chi connectivity index (χ1v) is 6.55. The van der Waals surface area contributed by atoms with E-state index in [4.69, 9.17) is 9.15 Å². The van der Waals surface area contributed by atoms with Crippen LogP contribution < -0.4 is 4.90 Å². The number of hydrogen-bond donors (Lipinski definition) is 0. The molecule has 0 aliphatic carbocycles. The van der Waals surface area contributed by atoms with E-state index < -0.39 is 18.7 Å². The SMILES string of the molecule is CCOC(=O)c1coc(N2CCN(CC(F)(F)F)CC2)n1. The highest BCUT2D eigenvalue weighted by atomic mass is 19.4. The van der Waals surface area contributed by atoms with Gasteiger partial charge in [0.1, 0.15) is 6.26 Å². The first kappa shape index (κ1) is 15.6. The van der Waals surface area contributed by atoms with Crippen LogP contribution in [0.3, 0.4) is 0 Å². The Balaban J connectivity index is 1.89. The molecule has 9 heteroatoms. The lowest BCUT2D eigenvalue weighted by Gasteiger charge is -2.33. The summed E-state index contributed by atoms with van der Waals surface area (Å²) in [5, 5.41) is 0. The monoisotopic (exact) mass is 307 g/mol. The van der Waals surface area contributed by atoms with Gasteiger partial charge in [0.15, 0.2) is 5.69 Å².